The Bertz CT molecular complexity index is 1010. The molecular weight excluding hydrogens is 410 g/mol. The van der Waals surface area contributed by atoms with Gasteiger partial charge < -0.3 is 4.90 Å². The smallest absolute Gasteiger partial charge is 0.263 e. The van der Waals surface area contributed by atoms with Gasteiger partial charge in [-0.2, -0.15) is 0 Å². The third-order valence-corrected chi connectivity index (χ3v) is 8.39. The summed E-state index contributed by atoms with van der Waals surface area (Å²) >= 11 is 1.43. The Morgan fingerprint density at radius 1 is 1.14 bits per heavy atom. The lowest BCUT2D eigenvalue weighted by Crippen LogP contribution is -2.45. The summed E-state index contributed by atoms with van der Waals surface area (Å²) in [5, 5.41) is 0. The van der Waals surface area contributed by atoms with Gasteiger partial charge in [0.15, 0.2) is 0 Å². The SMILES string of the molecule is CN(C)C(=O)c1sc2nccnc2c1[C@@H]1CCN(C2CCN(S(C)(=O)=O)CC2)C1. The molecule has 2 saturated heterocycles. The van der Waals surface area contributed by atoms with Crippen molar-refractivity contribution in [3.05, 3.63) is 22.8 Å². The third-order valence-electron chi connectivity index (χ3n) is 6.00. The molecule has 0 aromatic carbocycles. The van der Waals surface area contributed by atoms with Gasteiger partial charge in [0.2, 0.25) is 10.0 Å². The van der Waals surface area contributed by atoms with Crippen LogP contribution < -0.4 is 0 Å². The van der Waals surface area contributed by atoms with E-state index in [1.54, 1.807) is 35.7 Å². The molecule has 8 nitrogen and oxygen atoms in total. The number of amides is 1. The number of carbonyl (C=O) groups is 1. The number of rotatable bonds is 4. The summed E-state index contributed by atoms with van der Waals surface area (Å²) in [6, 6.07) is 0.391. The second-order valence-electron chi connectivity index (χ2n) is 8.13. The first-order valence-corrected chi connectivity index (χ1v) is 12.6. The second kappa shape index (κ2) is 7.90. The zero-order valence-electron chi connectivity index (χ0n) is 17.0. The van der Waals surface area contributed by atoms with E-state index in [4.69, 9.17) is 0 Å². The first-order chi connectivity index (χ1) is 13.8. The molecule has 0 unspecified atom stereocenters. The first kappa shape index (κ1) is 20.6. The van der Waals surface area contributed by atoms with Crippen molar-refractivity contribution < 1.29 is 13.2 Å². The van der Waals surface area contributed by atoms with E-state index in [9.17, 15) is 13.2 Å². The van der Waals surface area contributed by atoms with E-state index >= 15 is 0 Å². The number of aromatic nitrogens is 2. The quantitative estimate of drug-likeness (QED) is 0.722. The molecule has 1 atom stereocenters. The lowest BCUT2D eigenvalue weighted by molar-refractivity contribution is 0.0831. The van der Waals surface area contributed by atoms with E-state index < -0.39 is 10.0 Å². The van der Waals surface area contributed by atoms with Gasteiger partial charge in [0, 0.05) is 63.6 Å². The van der Waals surface area contributed by atoms with E-state index in [0.29, 0.717) is 19.1 Å². The van der Waals surface area contributed by atoms with Crippen LogP contribution in [0, 0.1) is 0 Å². The first-order valence-electron chi connectivity index (χ1n) is 9.90. The maximum Gasteiger partial charge on any atom is 0.263 e. The molecule has 2 fully saturated rings. The van der Waals surface area contributed by atoms with Crippen molar-refractivity contribution in [2.45, 2.75) is 31.2 Å². The Kier molecular flexibility index (Phi) is 5.62. The molecule has 0 saturated carbocycles. The molecule has 4 heterocycles. The van der Waals surface area contributed by atoms with Gasteiger partial charge in [-0.3, -0.25) is 14.7 Å². The number of piperidine rings is 1. The van der Waals surface area contributed by atoms with Crippen molar-refractivity contribution in [1.82, 2.24) is 24.1 Å². The van der Waals surface area contributed by atoms with Crippen LogP contribution in [0.5, 0.6) is 0 Å². The normalized spacial score (nSPS) is 22.4. The highest BCUT2D eigenvalue weighted by molar-refractivity contribution is 7.88. The van der Waals surface area contributed by atoms with Crippen LogP contribution in [0.2, 0.25) is 0 Å². The number of thiophene rings is 1. The number of hydrogen-bond acceptors (Lipinski definition) is 7. The van der Waals surface area contributed by atoms with E-state index in [0.717, 1.165) is 53.1 Å². The molecular formula is C19H27N5O3S2. The number of fused-ring (bicyclic) bond motifs is 1. The predicted molar refractivity (Wildman–Crippen MR) is 114 cm³/mol. The van der Waals surface area contributed by atoms with Gasteiger partial charge >= 0.3 is 0 Å². The molecule has 2 aromatic rings. The van der Waals surface area contributed by atoms with E-state index in [1.807, 2.05) is 0 Å². The number of hydrogen-bond donors (Lipinski definition) is 0. The lowest BCUT2D eigenvalue weighted by Gasteiger charge is -2.35. The molecule has 1 amide bonds. The summed E-state index contributed by atoms with van der Waals surface area (Å²) < 4.78 is 25.1. The summed E-state index contributed by atoms with van der Waals surface area (Å²) in [6.07, 6.45) is 7.33. The van der Waals surface area contributed by atoms with Gasteiger partial charge in [-0.1, -0.05) is 0 Å². The van der Waals surface area contributed by atoms with Gasteiger partial charge in [0.25, 0.3) is 5.91 Å². The number of sulfonamides is 1. The zero-order chi connectivity index (χ0) is 20.8. The molecule has 2 aliphatic rings. The van der Waals surface area contributed by atoms with Crippen LogP contribution in [0.1, 0.15) is 40.4 Å². The van der Waals surface area contributed by atoms with E-state index in [-0.39, 0.29) is 11.8 Å². The van der Waals surface area contributed by atoms with Gasteiger partial charge in [-0.15, -0.1) is 11.3 Å². The molecule has 0 bridgehead atoms. The molecule has 0 aliphatic carbocycles. The Labute approximate surface area is 175 Å². The Balaban J connectivity index is 1.55. The summed E-state index contributed by atoms with van der Waals surface area (Å²) in [4.78, 5) is 27.4. The Morgan fingerprint density at radius 2 is 1.83 bits per heavy atom. The topological polar surface area (TPSA) is 86.7 Å². The van der Waals surface area contributed by atoms with Crippen LogP contribution in [0.25, 0.3) is 10.3 Å². The fourth-order valence-corrected chi connectivity index (χ4v) is 6.56. The van der Waals surface area contributed by atoms with Crippen molar-refractivity contribution in [2.24, 2.45) is 0 Å². The number of carbonyl (C=O) groups excluding carboxylic acids is 1. The molecule has 2 aromatic heterocycles. The number of nitrogens with zero attached hydrogens (tertiary/aromatic N) is 5. The predicted octanol–water partition coefficient (Wildman–Crippen LogP) is 1.61. The molecule has 10 heteroatoms. The number of likely N-dealkylation sites (tertiary alicyclic amines) is 1. The summed E-state index contributed by atoms with van der Waals surface area (Å²) in [5.74, 6) is 0.247. The zero-order valence-corrected chi connectivity index (χ0v) is 18.7. The Morgan fingerprint density at radius 3 is 2.48 bits per heavy atom. The molecule has 158 valence electrons. The van der Waals surface area contributed by atoms with Crippen LogP contribution in [0.15, 0.2) is 12.4 Å². The third kappa shape index (κ3) is 4.03. The maximum absolute atomic E-state index is 12.8. The molecule has 0 radical (unpaired) electrons. The molecule has 4 rings (SSSR count). The average Bonchev–Trinajstić information content (AvgIpc) is 3.31. The average molecular weight is 438 g/mol. The van der Waals surface area contributed by atoms with Crippen LogP contribution in [0.3, 0.4) is 0 Å². The second-order valence-corrected chi connectivity index (χ2v) is 11.1. The highest BCUT2D eigenvalue weighted by Crippen LogP contribution is 2.40. The standard InChI is InChI=1S/C19H27N5O3S2/c1-22(2)19(25)17-15(16-18(28-17)21-8-7-20-16)13-4-9-23(12-13)14-5-10-24(11-6-14)29(3,26)27/h7-8,13-14H,4-6,9-12H2,1-3H3/t13-/m1/s1. The van der Waals surface area contributed by atoms with Crippen LogP contribution in [-0.2, 0) is 10.0 Å². The largest absolute Gasteiger partial charge is 0.344 e. The minimum Gasteiger partial charge on any atom is -0.344 e. The summed E-state index contributed by atoms with van der Waals surface area (Å²) in [7, 11) is 0.436. The highest BCUT2D eigenvalue weighted by atomic mass is 32.2. The van der Waals surface area contributed by atoms with E-state index in [2.05, 4.69) is 14.9 Å². The fourth-order valence-electron chi connectivity index (χ4n) is 4.48. The molecule has 0 N–H and O–H groups in total. The van der Waals surface area contributed by atoms with Gasteiger partial charge in [-0.25, -0.2) is 17.7 Å². The van der Waals surface area contributed by atoms with Crippen molar-refractivity contribution in [3.63, 3.8) is 0 Å². The van der Waals surface area contributed by atoms with Crippen molar-refractivity contribution >= 4 is 37.6 Å². The monoisotopic (exact) mass is 437 g/mol. The fraction of sp³-hybridized carbons (Fsp3) is 0.632. The summed E-state index contributed by atoms with van der Waals surface area (Å²) in [5.41, 5.74) is 1.88. The molecule has 29 heavy (non-hydrogen) atoms. The van der Waals surface area contributed by atoms with Gasteiger partial charge in [-0.05, 0) is 25.8 Å². The molecule has 2 aliphatic heterocycles. The van der Waals surface area contributed by atoms with Gasteiger partial charge in [0.05, 0.1) is 11.1 Å². The minimum absolute atomic E-state index is 0.00436. The van der Waals surface area contributed by atoms with Crippen molar-refractivity contribution in [1.29, 1.82) is 0 Å². The van der Waals surface area contributed by atoms with Gasteiger partial charge in [0.1, 0.15) is 10.3 Å². The summed E-state index contributed by atoms with van der Waals surface area (Å²) in [6.45, 7) is 3.00. The van der Waals surface area contributed by atoms with Crippen LogP contribution in [-0.4, -0.2) is 91.0 Å². The minimum atomic E-state index is -3.11. The maximum atomic E-state index is 12.8. The highest BCUT2D eigenvalue weighted by Gasteiger charge is 2.36. The lowest BCUT2D eigenvalue weighted by atomic mass is 9.97. The van der Waals surface area contributed by atoms with E-state index in [1.165, 1.54) is 17.6 Å². The van der Waals surface area contributed by atoms with Crippen molar-refractivity contribution in [2.75, 3.05) is 46.5 Å². The molecule has 0 spiro atoms. The van der Waals surface area contributed by atoms with Crippen molar-refractivity contribution in [3.8, 4) is 0 Å². The van der Waals surface area contributed by atoms with Crippen LogP contribution >= 0.6 is 11.3 Å². The Hall–Kier alpha value is -1.62. The van der Waals surface area contributed by atoms with Crippen LogP contribution in [0.4, 0.5) is 0 Å².